The van der Waals surface area contributed by atoms with E-state index in [4.69, 9.17) is 14.2 Å². The molecule has 5 heteroatoms. The molecule has 0 radical (unpaired) electrons. The Morgan fingerprint density at radius 3 is 2.64 bits per heavy atom. The molecule has 1 aromatic carbocycles. The monoisotopic (exact) mass is 304 g/mol. The summed E-state index contributed by atoms with van der Waals surface area (Å²) in [7, 11) is 1.57. The smallest absolute Gasteiger partial charge is 0.348 e. The van der Waals surface area contributed by atoms with Gasteiger partial charge in [-0.15, -0.1) is 0 Å². The Hall–Kier alpha value is -2.30. The van der Waals surface area contributed by atoms with Crippen LogP contribution in [0.4, 0.5) is 0 Å². The van der Waals surface area contributed by atoms with Gasteiger partial charge in [-0.2, -0.15) is 0 Å². The highest BCUT2D eigenvalue weighted by molar-refractivity contribution is 5.93. The lowest BCUT2D eigenvalue weighted by molar-refractivity contribution is -0.159. The number of cyclic esters (lactones) is 1. The Morgan fingerprint density at radius 2 is 2.05 bits per heavy atom. The van der Waals surface area contributed by atoms with Gasteiger partial charge in [0.1, 0.15) is 12.4 Å². The third-order valence-corrected chi connectivity index (χ3v) is 3.61. The van der Waals surface area contributed by atoms with Crippen molar-refractivity contribution in [3.63, 3.8) is 0 Å². The molecule has 2 rings (SSSR count). The molecule has 22 heavy (non-hydrogen) atoms. The first-order chi connectivity index (χ1) is 10.3. The van der Waals surface area contributed by atoms with Crippen LogP contribution >= 0.6 is 0 Å². The van der Waals surface area contributed by atoms with Gasteiger partial charge in [0.15, 0.2) is 0 Å². The predicted octanol–water partition coefficient (Wildman–Crippen LogP) is 2.59. The van der Waals surface area contributed by atoms with Crippen LogP contribution in [0.15, 0.2) is 30.3 Å². The van der Waals surface area contributed by atoms with E-state index in [2.05, 4.69) is 0 Å². The summed E-state index contributed by atoms with van der Waals surface area (Å²) >= 11 is 0. The maximum Gasteiger partial charge on any atom is 0.348 e. The number of ether oxygens (including phenoxy) is 3. The fraction of sp³-hybridized carbons (Fsp3) is 0.412. The minimum Gasteiger partial charge on any atom is -0.496 e. The van der Waals surface area contributed by atoms with Crippen LogP contribution in [0.2, 0.25) is 0 Å². The zero-order valence-electron chi connectivity index (χ0n) is 13.2. The van der Waals surface area contributed by atoms with Gasteiger partial charge in [0.05, 0.1) is 7.11 Å². The predicted molar refractivity (Wildman–Crippen MR) is 81.3 cm³/mol. The van der Waals surface area contributed by atoms with Gasteiger partial charge in [-0.05, 0) is 18.6 Å². The summed E-state index contributed by atoms with van der Waals surface area (Å²) in [5.41, 5.74) is 0.987. The second-order valence-electron chi connectivity index (χ2n) is 5.94. The van der Waals surface area contributed by atoms with E-state index in [9.17, 15) is 9.59 Å². The Labute approximate surface area is 129 Å². The van der Waals surface area contributed by atoms with Crippen LogP contribution in [0.3, 0.4) is 0 Å². The number of allylic oxidation sites excluding steroid dienone is 1. The van der Waals surface area contributed by atoms with Crippen LogP contribution < -0.4 is 4.74 Å². The van der Waals surface area contributed by atoms with Crippen molar-refractivity contribution < 1.29 is 23.8 Å². The van der Waals surface area contributed by atoms with Gasteiger partial charge in [0.2, 0.25) is 6.10 Å². The van der Waals surface area contributed by atoms with Crippen molar-refractivity contribution in [2.45, 2.75) is 26.9 Å². The Balaban J connectivity index is 2.15. The summed E-state index contributed by atoms with van der Waals surface area (Å²) < 4.78 is 15.5. The third-order valence-electron chi connectivity index (χ3n) is 3.61. The number of hydrogen-bond acceptors (Lipinski definition) is 5. The number of carbonyl (C=O) groups excluding carboxylic acids is 2. The first kappa shape index (κ1) is 16.1. The van der Waals surface area contributed by atoms with Crippen molar-refractivity contribution in [3.8, 4) is 5.75 Å². The summed E-state index contributed by atoms with van der Waals surface area (Å²) in [6.07, 6.45) is 0.487. The molecular weight excluding hydrogens is 284 g/mol. The summed E-state index contributed by atoms with van der Waals surface area (Å²) in [6.45, 7) is 5.69. The van der Waals surface area contributed by atoms with Crippen molar-refractivity contribution in [3.05, 3.63) is 35.9 Å². The summed E-state index contributed by atoms with van der Waals surface area (Å²) in [4.78, 5) is 23.7. The van der Waals surface area contributed by atoms with Crippen molar-refractivity contribution in [2.75, 3.05) is 13.7 Å². The average molecular weight is 304 g/mol. The zero-order valence-corrected chi connectivity index (χ0v) is 13.2. The highest BCUT2D eigenvalue weighted by Crippen LogP contribution is 2.31. The quantitative estimate of drug-likeness (QED) is 0.632. The van der Waals surface area contributed by atoms with E-state index in [1.165, 1.54) is 6.08 Å². The molecule has 0 unspecified atom stereocenters. The molecule has 1 aromatic rings. The number of benzene rings is 1. The number of para-hydroxylation sites is 1. The Kier molecular flexibility index (Phi) is 4.54. The topological polar surface area (TPSA) is 61.8 Å². The maximum atomic E-state index is 12.1. The Morgan fingerprint density at radius 1 is 1.36 bits per heavy atom. The van der Waals surface area contributed by atoms with Gasteiger partial charge >= 0.3 is 11.9 Å². The summed E-state index contributed by atoms with van der Waals surface area (Å²) in [5.74, 6) is -0.397. The van der Waals surface area contributed by atoms with Gasteiger partial charge in [-0.3, -0.25) is 0 Å². The van der Waals surface area contributed by atoms with Gasteiger partial charge in [0, 0.05) is 17.1 Å². The Bertz CT molecular complexity index is 615. The molecule has 0 N–H and O–H groups in total. The first-order valence-corrected chi connectivity index (χ1v) is 7.04. The normalized spacial score (nSPS) is 20.5. The number of rotatable bonds is 4. The molecule has 0 bridgehead atoms. The largest absolute Gasteiger partial charge is 0.496 e. The third kappa shape index (κ3) is 3.30. The molecule has 1 aliphatic rings. The van der Waals surface area contributed by atoms with Crippen molar-refractivity contribution in [1.82, 2.24) is 0 Å². The highest BCUT2D eigenvalue weighted by atomic mass is 16.6. The summed E-state index contributed by atoms with van der Waals surface area (Å²) in [6, 6.07) is 7.38. The molecule has 0 aromatic heterocycles. The molecule has 0 spiro atoms. The lowest BCUT2D eigenvalue weighted by Crippen LogP contribution is -2.34. The molecule has 5 nitrogen and oxygen atoms in total. The zero-order chi connectivity index (χ0) is 16.3. The highest BCUT2D eigenvalue weighted by Gasteiger charge is 2.46. The van der Waals surface area contributed by atoms with Gasteiger partial charge in [-0.1, -0.05) is 32.0 Å². The fourth-order valence-electron chi connectivity index (χ4n) is 2.31. The van der Waals surface area contributed by atoms with E-state index in [-0.39, 0.29) is 6.61 Å². The van der Waals surface area contributed by atoms with Crippen LogP contribution in [0, 0.1) is 5.41 Å². The molecule has 0 saturated carbocycles. The first-order valence-electron chi connectivity index (χ1n) is 7.04. The maximum absolute atomic E-state index is 12.1. The van der Waals surface area contributed by atoms with E-state index in [0.29, 0.717) is 11.3 Å². The lowest BCUT2D eigenvalue weighted by atomic mass is 9.90. The molecule has 1 heterocycles. The van der Waals surface area contributed by atoms with Crippen molar-refractivity contribution >= 4 is 17.5 Å². The van der Waals surface area contributed by atoms with Crippen LogP contribution in [0.5, 0.6) is 5.75 Å². The van der Waals surface area contributed by atoms with E-state index in [0.717, 1.165) is 5.56 Å². The number of esters is 2. The average Bonchev–Trinajstić information content (AvgIpc) is 2.74. The van der Waals surface area contributed by atoms with E-state index in [1.807, 2.05) is 38.1 Å². The van der Waals surface area contributed by atoms with Gasteiger partial charge in [0.25, 0.3) is 0 Å². The standard InChI is InChI=1S/C17H20O5/c1-11(12-7-5-6-8-13(12)20-4)9-14(18)22-15-16(19)21-10-17(15,2)3/h5-9,15H,10H2,1-4H3/b11-9-/t15-/m0/s1. The molecule has 118 valence electrons. The molecule has 1 fully saturated rings. The van der Waals surface area contributed by atoms with E-state index >= 15 is 0 Å². The molecule has 1 saturated heterocycles. The molecular formula is C17H20O5. The van der Waals surface area contributed by atoms with Crippen LogP contribution in [0.25, 0.3) is 5.57 Å². The van der Waals surface area contributed by atoms with E-state index in [1.54, 1.807) is 14.0 Å². The van der Waals surface area contributed by atoms with Gasteiger partial charge < -0.3 is 14.2 Å². The molecule has 0 aliphatic carbocycles. The lowest BCUT2D eigenvalue weighted by Gasteiger charge is -2.21. The molecule has 1 aliphatic heterocycles. The van der Waals surface area contributed by atoms with Crippen LogP contribution in [-0.2, 0) is 19.1 Å². The number of methoxy groups -OCH3 is 1. The van der Waals surface area contributed by atoms with E-state index < -0.39 is 23.5 Å². The summed E-state index contributed by atoms with van der Waals surface area (Å²) in [5, 5.41) is 0. The van der Waals surface area contributed by atoms with Crippen LogP contribution in [-0.4, -0.2) is 31.8 Å². The molecule has 0 amide bonds. The number of hydrogen-bond donors (Lipinski definition) is 0. The minimum atomic E-state index is -0.873. The minimum absolute atomic E-state index is 0.249. The molecule has 1 atom stereocenters. The second kappa shape index (κ2) is 6.22. The van der Waals surface area contributed by atoms with Crippen LogP contribution in [0.1, 0.15) is 26.3 Å². The van der Waals surface area contributed by atoms with Crippen molar-refractivity contribution in [2.24, 2.45) is 5.41 Å². The second-order valence-corrected chi connectivity index (χ2v) is 5.94. The van der Waals surface area contributed by atoms with Crippen molar-refractivity contribution in [1.29, 1.82) is 0 Å². The SMILES string of the molecule is COc1ccccc1/C(C)=C\C(=O)O[C@H]1C(=O)OCC1(C)C. The number of carbonyl (C=O) groups is 2. The van der Waals surface area contributed by atoms with Gasteiger partial charge in [-0.25, -0.2) is 9.59 Å². The fourth-order valence-corrected chi connectivity index (χ4v) is 2.31.